The fourth-order valence-corrected chi connectivity index (χ4v) is 8.99. The van der Waals surface area contributed by atoms with Gasteiger partial charge in [0.2, 0.25) is 17.7 Å². The van der Waals surface area contributed by atoms with E-state index in [1.165, 1.54) is 32.4 Å². The molecule has 11 nitrogen and oxygen atoms in total. The second-order valence-corrected chi connectivity index (χ2v) is 15.6. The molecule has 3 aliphatic heterocycles. The van der Waals surface area contributed by atoms with Crippen LogP contribution in [0.1, 0.15) is 89.4 Å². The van der Waals surface area contributed by atoms with Crippen LogP contribution in [0.3, 0.4) is 0 Å². The number of piperidine rings is 1. The maximum Gasteiger partial charge on any atom is 0.288 e. The first kappa shape index (κ1) is 34.2. The van der Waals surface area contributed by atoms with E-state index in [1.807, 2.05) is 41.2 Å². The molecule has 4 atom stereocenters. The van der Waals surface area contributed by atoms with Gasteiger partial charge in [0, 0.05) is 36.0 Å². The number of likely N-dealkylation sites (tertiary alicyclic amines) is 1. The highest BCUT2D eigenvalue weighted by Crippen LogP contribution is 2.34. The van der Waals surface area contributed by atoms with Gasteiger partial charge in [-0.15, -0.1) is 11.3 Å². The number of primary amides is 1. The summed E-state index contributed by atoms with van der Waals surface area (Å²) < 4.78 is 6.08. The summed E-state index contributed by atoms with van der Waals surface area (Å²) in [5, 5.41) is 8.95. The topological polar surface area (TPSA) is 133 Å². The van der Waals surface area contributed by atoms with E-state index in [0.29, 0.717) is 38.2 Å². The molecule has 2 aliphatic carbocycles. The minimum absolute atomic E-state index is 0.0194. The number of hydrogen-bond donors (Lipinski definition) is 3. The molecule has 12 heteroatoms. The zero-order valence-corrected chi connectivity index (χ0v) is 29.1. The Morgan fingerprint density at radius 1 is 1.00 bits per heavy atom. The fraction of sp³-hybridized carbons (Fsp3) is 0.771. The van der Waals surface area contributed by atoms with Crippen LogP contribution in [0, 0.1) is 11.8 Å². The Hall–Kier alpha value is -2.70. The maximum absolute atomic E-state index is 14.8. The number of nitrogens with zero attached hydrogens (tertiary/aromatic N) is 4. The molecule has 1 aromatic rings. The van der Waals surface area contributed by atoms with Gasteiger partial charge < -0.3 is 35.8 Å². The molecule has 4 N–H and O–H groups in total. The van der Waals surface area contributed by atoms with Crippen molar-refractivity contribution in [2.45, 2.75) is 127 Å². The molecule has 0 radical (unpaired) electrons. The van der Waals surface area contributed by atoms with Gasteiger partial charge in [-0.3, -0.25) is 14.4 Å². The van der Waals surface area contributed by atoms with Crippen molar-refractivity contribution in [3.63, 3.8) is 0 Å². The number of nitrogens with two attached hydrogens (primary N) is 1. The van der Waals surface area contributed by atoms with E-state index in [0.717, 1.165) is 56.2 Å². The van der Waals surface area contributed by atoms with Gasteiger partial charge in [0.25, 0.3) is 6.02 Å². The first-order valence-corrected chi connectivity index (χ1v) is 19.0. The highest BCUT2D eigenvalue weighted by Gasteiger charge is 2.44. The maximum atomic E-state index is 14.8. The van der Waals surface area contributed by atoms with Gasteiger partial charge in [-0.25, -0.2) is 4.99 Å². The molecule has 4 heterocycles. The zero-order chi connectivity index (χ0) is 32.9. The number of carbonyl (C=O) groups excluding carboxylic acids is 3. The highest BCUT2D eigenvalue weighted by atomic mass is 32.1. The van der Waals surface area contributed by atoms with Gasteiger partial charge in [-0.2, -0.15) is 0 Å². The predicted octanol–water partition coefficient (Wildman–Crippen LogP) is 3.09. The first-order valence-electron chi connectivity index (χ1n) is 18.2. The minimum atomic E-state index is -0.659. The third-order valence-corrected chi connectivity index (χ3v) is 12.3. The molecule has 3 amide bonds. The van der Waals surface area contributed by atoms with E-state index in [9.17, 15) is 14.4 Å². The smallest absolute Gasteiger partial charge is 0.288 e. The first-order chi connectivity index (χ1) is 22.8. The Morgan fingerprint density at radius 3 is 2.38 bits per heavy atom. The molecule has 260 valence electrons. The average molecular weight is 670 g/mol. The van der Waals surface area contributed by atoms with E-state index in [-0.39, 0.29) is 53.8 Å². The molecular formula is C35H55N7O4S. The molecule has 2 saturated heterocycles. The number of thiophene rings is 1. The van der Waals surface area contributed by atoms with E-state index in [1.54, 1.807) is 11.3 Å². The van der Waals surface area contributed by atoms with Gasteiger partial charge in [0.05, 0.1) is 25.2 Å². The van der Waals surface area contributed by atoms with E-state index >= 15 is 0 Å². The van der Waals surface area contributed by atoms with Crippen molar-refractivity contribution in [1.82, 2.24) is 25.3 Å². The molecular weight excluding hydrogens is 614 g/mol. The number of ether oxygens (including phenoxy) is 1. The number of aliphatic imine (C=N–C) groups is 1. The van der Waals surface area contributed by atoms with Crippen molar-refractivity contribution in [2.24, 2.45) is 22.6 Å². The Morgan fingerprint density at radius 2 is 1.74 bits per heavy atom. The van der Waals surface area contributed by atoms with Crippen LogP contribution in [-0.4, -0.2) is 107 Å². The molecule has 47 heavy (non-hydrogen) atoms. The van der Waals surface area contributed by atoms with Crippen LogP contribution in [0.5, 0.6) is 0 Å². The molecule has 1 aromatic heterocycles. The Kier molecular flexibility index (Phi) is 11.4. The molecule has 0 bridgehead atoms. The van der Waals surface area contributed by atoms with Crippen molar-refractivity contribution in [1.29, 1.82) is 0 Å². The van der Waals surface area contributed by atoms with Gasteiger partial charge in [0.15, 0.2) is 0 Å². The summed E-state index contributed by atoms with van der Waals surface area (Å²) in [6, 6.07) is 4.34. The average Bonchev–Trinajstić information content (AvgIpc) is 3.75. The van der Waals surface area contributed by atoms with Crippen LogP contribution in [-0.2, 0) is 25.7 Å². The summed E-state index contributed by atoms with van der Waals surface area (Å²) in [6.45, 7) is 8.21. The molecule has 0 unspecified atom stereocenters. The van der Waals surface area contributed by atoms with Crippen molar-refractivity contribution >= 4 is 35.1 Å². The quantitative estimate of drug-likeness (QED) is 0.368. The van der Waals surface area contributed by atoms with Crippen LogP contribution >= 0.6 is 11.3 Å². The van der Waals surface area contributed by atoms with Crippen LogP contribution in [0.15, 0.2) is 22.5 Å². The van der Waals surface area contributed by atoms with E-state index in [4.69, 9.17) is 15.5 Å². The van der Waals surface area contributed by atoms with Crippen LogP contribution in [0.4, 0.5) is 0 Å². The lowest BCUT2D eigenvalue weighted by Gasteiger charge is -2.45. The lowest BCUT2D eigenvalue weighted by Crippen LogP contribution is -2.65. The third kappa shape index (κ3) is 8.31. The van der Waals surface area contributed by atoms with Crippen LogP contribution < -0.4 is 16.4 Å². The predicted molar refractivity (Wildman–Crippen MR) is 184 cm³/mol. The summed E-state index contributed by atoms with van der Waals surface area (Å²) in [5.74, 6) is -0.227. The summed E-state index contributed by atoms with van der Waals surface area (Å²) in [4.78, 5) is 53.0. The van der Waals surface area contributed by atoms with Crippen molar-refractivity contribution in [2.75, 3.05) is 32.7 Å². The van der Waals surface area contributed by atoms with Gasteiger partial charge >= 0.3 is 0 Å². The fourth-order valence-electron chi connectivity index (χ4n) is 8.35. The third-order valence-electron chi connectivity index (χ3n) is 11.5. The standard InChI is InChI=1S/C35H55N7O4S/c1-23-24(2)46-35(38-23)41-18-19-42(30(22-41)33(44)37-21-29-7-6-20-47-29)34(45)31(39-27-12-8-26(9-13-27)32(36)43)25-10-14-28(15-11-25)40-16-4-3-5-17-40/h6-7,20,23-28,30-31,39H,3-5,8-19,21-22H2,1-2H3,(H2,36,43)(H,37,44)/t23-,24-,25-,26?,27?,28-,30-,31+/m0/s1. The molecule has 6 rings (SSSR count). The minimum Gasteiger partial charge on any atom is -0.460 e. The molecule has 5 aliphatic rings. The monoisotopic (exact) mass is 669 g/mol. The molecule has 0 spiro atoms. The molecule has 2 saturated carbocycles. The number of rotatable bonds is 9. The lowest BCUT2D eigenvalue weighted by molar-refractivity contribution is -0.146. The Bertz CT molecular complexity index is 1240. The number of amidine groups is 1. The zero-order valence-electron chi connectivity index (χ0n) is 28.3. The largest absolute Gasteiger partial charge is 0.460 e. The summed E-state index contributed by atoms with van der Waals surface area (Å²) >= 11 is 1.61. The van der Waals surface area contributed by atoms with Crippen LogP contribution in [0.2, 0.25) is 0 Å². The SMILES string of the molecule is C[C@@H]1N=C(N2CCN(C(=O)[C@H](NC3CCC(C(N)=O)CC3)[C@H]3CC[C@H](N4CCCCC4)CC3)[C@H](C(=O)NCc3cccs3)C2)O[C@H]1C. The number of amides is 3. The van der Waals surface area contributed by atoms with Gasteiger partial charge in [-0.05, 0) is 109 Å². The number of nitrogens with one attached hydrogen (secondary N) is 2. The normalized spacial score (nSPS) is 32.7. The number of hydrogen-bond acceptors (Lipinski definition) is 9. The summed E-state index contributed by atoms with van der Waals surface area (Å²) in [5.41, 5.74) is 5.64. The molecule has 0 aromatic carbocycles. The van der Waals surface area contributed by atoms with E-state index < -0.39 is 6.04 Å². The molecule has 4 fully saturated rings. The lowest BCUT2D eigenvalue weighted by atomic mass is 9.78. The Balaban J connectivity index is 1.19. The number of piperazine rings is 1. The van der Waals surface area contributed by atoms with Crippen molar-refractivity contribution < 1.29 is 19.1 Å². The second-order valence-electron chi connectivity index (χ2n) is 14.5. The second kappa shape index (κ2) is 15.7. The van der Waals surface area contributed by atoms with Crippen LogP contribution in [0.25, 0.3) is 0 Å². The van der Waals surface area contributed by atoms with E-state index in [2.05, 4.69) is 15.5 Å². The van der Waals surface area contributed by atoms with Crippen molar-refractivity contribution in [3.8, 4) is 0 Å². The summed E-state index contributed by atoms with van der Waals surface area (Å²) in [7, 11) is 0. The highest BCUT2D eigenvalue weighted by molar-refractivity contribution is 7.09. The van der Waals surface area contributed by atoms with Gasteiger partial charge in [-0.1, -0.05) is 12.5 Å². The number of carbonyl (C=O) groups is 3. The Labute approximate surface area is 284 Å². The van der Waals surface area contributed by atoms with Gasteiger partial charge in [0.1, 0.15) is 12.1 Å². The summed E-state index contributed by atoms with van der Waals surface area (Å²) in [6.07, 6.45) is 11.2. The van der Waals surface area contributed by atoms with Crippen molar-refractivity contribution in [3.05, 3.63) is 22.4 Å².